The number of nitrogens with zero attached hydrogens (tertiary/aromatic N) is 1. The molecule has 2 heterocycles. The van der Waals surface area contributed by atoms with Crippen LogP contribution in [0.5, 0.6) is 5.75 Å². The molecule has 4 rings (SSSR count). The summed E-state index contributed by atoms with van der Waals surface area (Å²) in [6.45, 7) is 4.87. The van der Waals surface area contributed by atoms with Crippen molar-refractivity contribution in [3.05, 3.63) is 59.3 Å². The standard InChI is InChI=1S/C21H24N2O3S/c1-14-10-20(26-3)21(11-15(14)2)27(24,25)23-9-8-17(13-23)19-12-16-6-4-5-7-18(16)22-19/h4-7,10-12,17,22H,8-9,13H2,1-3H3. The summed E-state index contributed by atoms with van der Waals surface area (Å²) in [7, 11) is -2.08. The summed E-state index contributed by atoms with van der Waals surface area (Å²) in [5, 5.41) is 1.16. The van der Waals surface area contributed by atoms with E-state index < -0.39 is 10.0 Å². The molecule has 1 atom stereocenters. The molecule has 0 aliphatic carbocycles. The SMILES string of the molecule is COc1cc(C)c(C)cc1S(=O)(=O)N1CCC(c2cc3ccccc3[nH]2)C1. The quantitative estimate of drug-likeness (QED) is 0.740. The van der Waals surface area contributed by atoms with Gasteiger partial charge in [0, 0.05) is 30.2 Å². The lowest BCUT2D eigenvalue weighted by molar-refractivity contribution is 0.397. The fourth-order valence-electron chi connectivity index (χ4n) is 3.78. The number of H-pyrrole nitrogens is 1. The van der Waals surface area contributed by atoms with Gasteiger partial charge in [0.05, 0.1) is 7.11 Å². The highest BCUT2D eigenvalue weighted by Crippen LogP contribution is 2.35. The number of methoxy groups -OCH3 is 1. The highest BCUT2D eigenvalue weighted by Gasteiger charge is 2.35. The van der Waals surface area contributed by atoms with E-state index in [9.17, 15) is 8.42 Å². The summed E-state index contributed by atoms with van der Waals surface area (Å²) in [4.78, 5) is 3.70. The van der Waals surface area contributed by atoms with E-state index in [1.807, 2.05) is 32.0 Å². The Morgan fingerprint density at radius 2 is 1.85 bits per heavy atom. The van der Waals surface area contributed by atoms with Gasteiger partial charge >= 0.3 is 0 Å². The van der Waals surface area contributed by atoms with E-state index in [0.29, 0.717) is 18.8 Å². The Hall–Kier alpha value is -2.31. The van der Waals surface area contributed by atoms with E-state index >= 15 is 0 Å². The molecule has 0 saturated carbocycles. The molecule has 0 spiro atoms. The first-order chi connectivity index (χ1) is 12.9. The topological polar surface area (TPSA) is 62.4 Å². The number of nitrogens with one attached hydrogen (secondary N) is 1. The zero-order chi connectivity index (χ0) is 19.2. The molecule has 3 aromatic rings. The van der Waals surface area contributed by atoms with Crippen LogP contribution in [0.4, 0.5) is 0 Å². The second kappa shape index (κ2) is 6.69. The Kier molecular flexibility index (Phi) is 4.48. The van der Waals surface area contributed by atoms with Crippen LogP contribution in [0.2, 0.25) is 0 Å². The average Bonchev–Trinajstić information content (AvgIpc) is 3.30. The number of benzene rings is 2. The van der Waals surface area contributed by atoms with E-state index in [4.69, 9.17) is 4.74 Å². The van der Waals surface area contributed by atoms with Gasteiger partial charge < -0.3 is 9.72 Å². The van der Waals surface area contributed by atoms with Crippen LogP contribution < -0.4 is 4.74 Å². The van der Waals surface area contributed by atoms with Crippen molar-refractivity contribution in [1.29, 1.82) is 0 Å². The molecule has 2 aromatic carbocycles. The molecule has 0 radical (unpaired) electrons. The van der Waals surface area contributed by atoms with Crippen molar-refractivity contribution in [3.63, 3.8) is 0 Å². The molecular weight excluding hydrogens is 360 g/mol. The van der Waals surface area contributed by atoms with Crippen molar-refractivity contribution >= 4 is 20.9 Å². The third kappa shape index (κ3) is 3.13. The Bertz CT molecular complexity index is 1070. The van der Waals surface area contributed by atoms with Crippen LogP contribution in [0.15, 0.2) is 47.4 Å². The van der Waals surface area contributed by atoms with Crippen molar-refractivity contribution in [2.45, 2.75) is 31.1 Å². The molecule has 27 heavy (non-hydrogen) atoms. The summed E-state index contributed by atoms with van der Waals surface area (Å²) in [6, 6.07) is 13.8. The Balaban J connectivity index is 1.64. The lowest BCUT2D eigenvalue weighted by Crippen LogP contribution is -2.29. The smallest absolute Gasteiger partial charge is 0.246 e. The van der Waals surface area contributed by atoms with Gasteiger partial charge in [0.25, 0.3) is 0 Å². The maximum atomic E-state index is 13.3. The zero-order valence-corrected chi connectivity index (χ0v) is 16.6. The summed E-state index contributed by atoms with van der Waals surface area (Å²) >= 11 is 0. The van der Waals surface area contributed by atoms with Crippen molar-refractivity contribution in [1.82, 2.24) is 9.29 Å². The predicted octanol–water partition coefficient (Wildman–Crippen LogP) is 3.97. The van der Waals surface area contributed by atoms with E-state index in [1.54, 1.807) is 16.4 Å². The normalized spacial score (nSPS) is 18.3. The van der Waals surface area contributed by atoms with Crippen LogP contribution >= 0.6 is 0 Å². The Morgan fingerprint density at radius 1 is 1.11 bits per heavy atom. The second-order valence-corrected chi connectivity index (χ2v) is 9.15. The molecule has 0 amide bonds. The number of sulfonamides is 1. The monoisotopic (exact) mass is 384 g/mol. The van der Waals surface area contributed by atoms with Crippen LogP contribution in [0.3, 0.4) is 0 Å². The van der Waals surface area contributed by atoms with Crippen LogP contribution in [0.25, 0.3) is 10.9 Å². The van der Waals surface area contributed by atoms with Crippen LogP contribution in [-0.4, -0.2) is 37.9 Å². The van der Waals surface area contributed by atoms with Gasteiger partial charge in [-0.3, -0.25) is 0 Å². The van der Waals surface area contributed by atoms with Crippen LogP contribution in [0.1, 0.15) is 29.2 Å². The van der Waals surface area contributed by atoms with Crippen LogP contribution in [0, 0.1) is 13.8 Å². The number of hydrogen-bond donors (Lipinski definition) is 1. The van der Waals surface area contributed by atoms with Gasteiger partial charge in [-0.25, -0.2) is 8.42 Å². The summed E-state index contributed by atoms with van der Waals surface area (Å²) in [5.74, 6) is 0.580. The molecule has 1 aromatic heterocycles. The average molecular weight is 385 g/mol. The first-order valence-electron chi connectivity index (χ1n) is 9.13. The molecule has 1 N–H and O–H groups in total. The lowest BCUT2D eigenvalue weighted by Gasteiger charge is -2.19. The molecule has 6 heteroatoms. The Morgan fingerprint density at radius 3 is 2.59 bits per heavy atom. The lowest BCUT2D eigenvalue weighted by atomic mass is 10.1. The number of fused-ring (bicyclic) bond motifs is 1. The molecule has 1 fully saturated rings. The molecule has 5 nitrogen and oxygen atoms in total. The second-order valence-electron chi connectivity index (χ2n) is 7.25. The van der Waals surface area contributed by atoms with Crippen molar-refractivity contribution in [2.24, 2.45) is 0 Å². The van der Waals surface area contributed by atoms with E-state index in [0.717, 1.165) is 34.1 Å². The number of ether oxygens (including phenoxy) is 1. The van der Waals surface area contributed by atoms with E-state index in [2.05, 4.69) is 17.1 Å². The maximum absolute atomic E-state index is 13.3. The number of aryl methyl sites for hydroxylation is 2. The molecular formula is C21H24N2O3S. The van der Waals surface area contributed by atoms with Crippen molar-refractivity contribution in [2.75, 3.05) is 20.2 Å². The first-order valence-corrected chi connectivity index (χ1v) is 10.6. The minimum atomic E-state index is -3.60. The largest absolute Gasteiger partial charge is 0.495 e. The van der Waals surface area contributed by atoms with Gasteiger partial charge in [0.2, 0.25) is 10.0 Å². The minimum absolute atomic E-state index is 0.171. The van der Waals surface area contributed by atoms with Crippen molar-refractivity contribution < 1.29 is 13.2 Å². The molecule has 1 unspecified atom stereocenters. The van der Waals surface area contributed by atoms with Crippen molar-refractivity contribution in [3.8, 4) is 5.75 Å². The molecule has 1 aliphatic rings. The number of aromatic amines is 1. The summed E-state index contributed by atoms with van der Waals surface area (Å²) in [5.41, 5.74) is 4.15. The van der Waals surface area contributed by atoms with Gasteiger partial charge in [-0.15, -0.1) is 0 Å². The fourth-order valence-corrected chi connectivity index (χ4v) is 5.50. The fraction of sp³-hybridized carbons (Fsp3) is 0.333. The Labute approximate surface area is 160 Å². The number of para-hydroxylation sites is 1. The first kappa shape index (κ1) is 18.1. The van der Waals surface area contributed by atoms with E-state index in [-0.39, 0.29) is 10.8 Å². The third-order valence-electron chi connectivity index (χ3n) is 5.54. The molecule has 1 saturated heterocycles. The van der Waals surface area contributed by atoms with Gasteiger partial charge in [0.15, 0.2) is 0 Å². The predicted molar refractivity (Wildman–Crippen MR) is 107 cm³/mol. The minimum Gasteiger partial charge on any atom is -0.495 e. The zero-order valence-electron chi connectivity index (χ0n) is 15.8. The molecule has 1 aliphatic heterocycles. The number of aromatic nitrogens is 1. The number of rotatable bonds is 4. The van der Waals surface area contributed by atoms with Gasteiger partial charge in [-0.05, 0) is 61.0 Å². The maximum Gasteiger partial charge on any atom is 0.246 e. The van der Waals surface area contributed by atoms with Crippen LogP contribution in [-0.2, 0) is 10.0 Å². The summed E-state index contributed by atoms with van der Waals surface area (Å²) in [6.07, 6.45) is 0.805. The molecule has 142 valence electrons. The van der Waals surface area contributed by atoms with Gasteiger partial charge in [-0.2, -0.15) is 4.31 Å². The third-order valence-corrected chi connectivity index (χ3v) is 7.43. The highest BCUT2D eigenvalue weighted by atomic mass is 32.2. The summed E-state index contributed by atoms with van der Waals surface area (Å²) < 4.78 is 33.5. The number of hydrogen-bond acceptors (Lipinski definition) is 3. The molecule has 0 bridgehead atoms. The van der Waals surface area contributed by atoms with Gasteiger partial charge in [0.1, 0.15) is 10.6 Å². The highest BCUT2D eigenvalue weighted by molar-refractivity contribution is 7.89. The van der Waals surface area contributed by atoms with Gasteiger partial charge in [-0.1, -0.05) is 18.2 Å². The van der Waals surface area contributed by atoms with E-state index in [1.165, 1.54) is 7.11 Å².